The molecule has 0 heterocycles. The number of nitrogens with one attached hydrogen (secondary N) is 1. The first kappa shape index (κ1) is 17.0. The molecule has 0 aliphatic heterocycles. The second kappa shape index (κ2) is 7.28. The number of amides is 2. The zero-order chi connectivity index (χ0) is 17.7. The van der Waals surface area contributed by atoms with Gasteiger partial charge in [-0.25, -0.2) is 4.79 Å². The van der Waals surface area contributed by atoms with E-state index in [1.54, 1.807) is 18.2 Å². The number of hydrogen-bond donors (Lipinski definition) is 3. The van der Waals surface area contributed by atoms with Gasteiger partial charge in [-0.3, -0.25) is 9.59 Å². The lowest BCUT2D eigenvalue weighted by atomic mass is 10.0. The number of ether oxygens (including phenoxy) is 1. The number of carboxylic acids is 1. The van der Waals surface area contributed by atoms with Crippen molar-refractivity contribution >= 4 is 23.5 Å². The maximum Gasteiger partial charge on any atom is 0.335 e. The van der Waals surface area contributed by atoms with Crippen LogP contribution in [0.5, 0.6) is 5.75 Å². The van der Waals surface area contributed by atoms with E-state index in [1.165, 1.54) is 31.4 Å². The van der Waals surface area contributed by atoms with Gasteiger partial charge in [0, 0.05) is 5.56 Å². The van der Waals surface area contributed by atoms with Crippen LogP contribution in [0.1, 0.15) is 26.3 Å². The maximum atomic E-state index is 12.2. The predicted molar refractivity (Wildman–Crippen MR) is 87.2 cm³/mol. The van der Waals surface area contributed by atoms with Crippen LogP contribution in [-0.4, -0.2) is 30.0 Å². The summed E-state index contributed by atoms with van der Waals surface area (Å²) in [5.74, 6) is -1.82. The smallest absolute Gasteiger partial charge is 0.335 e. The van der Waals surface area contributed by atoms with Crippen LogP contribution >= 0.6 is 0 Å². The Balaban J connectivity index is 2.23. The van der Waals surface area contributed by atoms with Crippen LogP contribution in [0, 0.1) is 0 Å². The highest BCUT2D eigenvalue weighted by molar-refractivity contribution is 5.99. The van der Waals surface area contributed by atoms with Crippen LogP contribution in [0.3, 0.4) is 0 Å². The number of benzene rings is 2. The number of carboxylic acid groups (broad SMARTS) is 1. The van der Waals surface area contributed by atoms with E-state index in [1.807, 2.05) is 0 Å². The third-order valence-corrected chi connectivity index (χ3v) is 3.36. The molecule has 0 atom stereocenters. The van der Waals surface area contributed by atoms with Crippen LogP contribution in [0.15, 0.2) is 42.5 Å². The Morgan fingerprint density at radius 3 is 2.50 bits per heavy atom. The molecule has 4 N–H and O–H groups in total. The molecule has 0 fully saturated rings. The first-order valence-electron chi connectivity index (χ1n) is 7.01. The Labute approximate surface area is 138 Å². The minimum Gasteiger partial charge on any atom is -0.495 e. The summed E-state index contributed by atoms with van der Waals surface area (Å²) >= 11 is 0. The summed E-state index contributed by atoms with van der Waals surface area (Å²) in [6.07, 6.45) is -0.133. The van der Waals surface area contributed by atoms with E-state index >= 15 is 0 Å². The lowest BCUT2D eigenvalue weighted by Crippen LogP contribution is -2.18. The summed E-state index contributed by atoms with van der Waals surface area (Å²) in [5.41, 5.74) is 6.17. The lowest BCUT2D eigenvalue weighted by molar-refractivity contribution is -0.115. The number of rotatable bonds is 6. The Kier molecular flexibility index (Phi) is 5.16. The third kappa shape index (κ3) is 3.89. The predicted octanol–water partition coefficient (Wildman–Crippen LogP) is 1.67. The average molecular weight is 328 g/mol. The number of anilines is 1. The number of hydrogen-bond acceptors (Lipinski definition) is 4. The van der Waals surface area contributed by atoms with Gasteiger partial charge in [0.1, 0.15) is 5.75 Å². The SMILES string of the molecule is COc1ccc(C(N)=O)cc1NC(=O)Cc1ccccc1C(=O)O. The van der Waals surface area contributed by atoms with Crippen molar-refractivity contribution in [2.45, 2.75) is 6.42 Å². The fraction of sp³-hybridized carbons (Fsp3) is 0.118. The van der Waals surface area contributed by atoms with Gasteiger partial charge in [0.05, 0.1) is 24.8 Å². The largest absolute Gasteiger partial charge is 0.495 e. The summed E-state index contributed by atoms with van der Waals surface area (Å²) in [6, 6.07) is 10.6. The maximum absolute atomic E-state index is 12.2. The van der Waals surface area contributed by atoms with Crippen molar-refractivity contribution in [1.82, 2.24) is 0 Å². The average Bonchev–Trinajstić information content (AvgIpc) is 2.54. The van der Waals surface area contributed by atoms with Crippen molar-refractivity contribution in [3.05, 3.63) is 59.2 Å². The van der Waals surface area contributed by atoms with Crippen LogP contribution < -0.4 is 15.8 Å². The fourth-order valence-electron chi connectivity index (χ4n) is 2.21. The normalized spacial score (nSPS) is 10.0. The Morgan fingerprint density at radius 1 is 1.17 bits per heavy atom. The molecule has 124 valence electrons. The van der Waals surface area contributed by atoms with Gasteiger partial charge in [-0.2, -0.15) is 0 Å². The molecule has 2 aromatic rings. The standard InChI is InChI=1S/C17H16N2O5/c1-24-14-7-6-11(16(18)21)8-13(14)19-15(20)9-10-4-2-3-5-12(10)17(22)23/h2-8H,9H2,1H3,(H2,18,21)(H,19,20)(H,22,23). The summed E-state index contributed by atoms with van der Waals surface area (Å²) in [7, 11) is 1.43. The van der Waals surface area contributed by atoms with Crippen LogP contribution in [-0.2, 0) is 11.2 Å². The topological polar surface area (TPSA) is 119 Å². The van der Waals surface area contributed by atoms with Crippen LogP contribution in [0.25, 0.3) is 0 Å². The van der Waals surface area contributed by atoms with Crippen molar-refractivity contribution in [3.8, 4) is 5.75 Å². The Hall–Kier alpha value is -3.35. The zero-order valence-electron chi connectivity index (χ0n) is 12.9. The van der Waals surface area contributed by atoms with Gasteiger partial charge in [-0.15, -0.1) is 0 Å². The number of aromatic carboxylic acids is 1. The molecule has 0 aliphatic carbocycles. The molecule has 0 unspecified atom stereocenters. The highest BCUT2D eigenvalue weighted by Gasteiger charge is 2.15. The molecule has 0 aliphatic rings. The number of primary amides is 1. The summed E-state index contributed by atoms with van der Waals surface area (Å²) in [4.78, 5) is 34.7. The van der Waals surface area contributed by atoms with Gasteiger partial charge in [-0.1, -0.05) is 18.2 Å². The van der Waals surface area contributed by atoms with Gasteiger partial charge >= 0.3 is 5.97 Å². The molecule has 0 saturated carbocycles. The second-order valence-corrected chi connectivity index (χ2v) is 4.97. The number of nitrogens with two attached hydrogens (primary N) is 1. The van der Waals surface area contributed by atoms with Crippen molar-refractivity contribution in [3.63, 3.8) is 0 Å². The molecule has 0 bridgehead atoms. The van der Waals surface area contributed by atoms with E-state index in [9.17, 15) is 14.4 Å². The van der Waals surface area contributed by atoms with Gasteiger partial charge in [-0.05, 0) is 29.8 Å². The minimum absolute atomic E-state index is 0.0606. The monoisotopic (exact) mass is 328 g/mol. The van der Waals surface area contributed by atoms with Gasteiger partial charge < -0.3 is 20.9 Å². The van der Waals surface area contributed by atoms with Crippen LogP contribution in [0.2, 0.25) is 0 Å². The fourth-order valence-corrected chi connectivity index (χ4v) is 2.21. The molecule has 7 heteroatoms. The number of carbonyl (C=O) groups is 3. The molecule has 0 saturated heterocycles. The van der Waals surface area contributed by atoms with E-state index in [0.29, 0.717) is 11.3 Å². The molecule has 7 nitrogen and oxygen atoms in total. The van der Waals surface area contributed by atoms with Gasteiger partial charge in [0.25, 0.3) is 0 Å². The Morgan fingerprint density at radius 2 is 1.88 bits per heavy atom. The number of carbonyl (C=O) groups excluding carboxylic acids is 2. The van der Waals surface area contributed by atoms with Crippen molar-refractivity contribution in [2.24, 2.45) is 5.73 Å². The van der Waals surface area contributed by atoms with E-state index in [0.717, 1.165) is 0 Å². The van der Waals surface area contributed by atoms with E-state index < -0.39 is 17.8 Å². The first-order valence-corrected chi connectivity index (χ1v) is 7.01. The highest BCUT2D eigenvalue weighted by atomic mass is 16.5. The summed E-state index contributed by atoms with van der Waals surface area (Å²) in [6.45, 7) is 0. The second-order valence-electron chi connectivity index (χ2n) is 4.97. The molecule has 0 radical (unpaired) electrons. The number of methoxy groups -OCH3 is 1. The molecule has 24 heavy (non-hydrogen) atoms. The van der Waals surface area contributed by atoms with E-state index in [4.69, 9.17) is 15.6 Å². The quantitative estimate of drug-likeness (QED) is 0.745. The minimum atomic E-state index is -1.10. The van der Waals surface area contributed by atoms with Gasteiger partial charge in [0.15, 0.2) is 0 Å². The van der Waals surface area contributed by atoms with Crippen molar-refractivity contribution in [2.75, 3.05) is 12.4 Å². The molecule has 2 aromatic carbocycles. The molecule has 2 amide bonds. The Bertz CT molecular complexity index is 801. The molecule has 2 rings (SSSR count). The summed E-state index contributed by atoms with van der Waals surface area (Å²) < 4.78 is 5.13. The molecular formula is C17H16N2O5. The molecule has 0 spiro atoms. The highest BCUT2D eigenvalue weighted by Crippen LogP contribution is 2.25. The van der Waals surface area contributed by atoms with E-state index in [2.05, 4.69) is 5.32 Å². The van der Waals surface area contributed by atoms with Crippen molar-refractivity contribution in [1.29, 1.82) is 0 Å². The van der Waals surface area contributed by atoms with Crippen molar-refractivity contribution < 1.29 is 24.2 Å². The molecular weight excluding hydrogens is 312 g/mol. The van der Waals surface area contributed by atoms with E-state index in [-0.39, 0.29) is 23.2 Å². The summed E-state index contributed by atoms with van der Waals surface area (Å²) in [5, 5.41) is 11.8. The van der Waals surface area contributed by atoms with Crippen LogP contribution in [0.4, 0.5) is 5.69 Å². The first-order chi connectivity index (χ1) is 11.4. The van der Waals surface area contributed by atoms with Gasteiger partial charge in [0.2, 0.25) is 11.8 Å². The molecule has 0 aromatic heterocycles. The third-order valence-electron chi connectivity index (χ3n) is 3.36. The zero-order valence-corrected chi connectivity index (χ0v) is 12.9. The lowest BCUT2D eigenvalue weighted by Gasteiger charge is -2.12.